The number of piperidine rings is 1. The number of hydrogen-bond donors (Lipinski definition) is 1. The Morgan fingerprint density at radius 1 is 1.31 bits per heavy atom. The Morgan fingerprint density at radius 2 is 1.94 bits per heavy atom. The molecule has 0 radical (unpaired) electrons. The molecule has 0 aromatic heterocycles. The quantitative estimate of drug-likeness (QED) is 0.773. The summed E-state index contributed by atoms with van der Waals surface area (Å²) in [5.74, 6) is 0.571. The van der Waals surface area contributed by atoms with Crippen LogP contribution >= 0.6 is 0 Å². The van der Waals surface area contributed by atoms with E-state index in [0.29, 0.717) is 5.78 Å². The topological polar surface area (TPSA) is 46.3 Å². The van der Waals surface area contributed by atoms with Gasteiger partial charge in [-0.3, -0.25) is 4.79 Å². The fourth-order valence-corrected chi connectivity index (χ4v) is 2.30. The van der Waals surface area contributed by atoms with Crippen LogP contribution in [0.25, 0.3) is 0 Å². The lowest BCUT2D eigenvalue weighted by Gasteiger charge is -2.33. The molecule has 86 valence electrons. The molecule has 1 fully saturated rings. The molecule has 0 bridgehead atoms. The molecular weight excluding hydrogens is 200 g/mol. The zero-order chi connectivity index (χ0) is 11.5. The summed E-state index contributed by atoms with van der Waals surface area (Å²) >= 11 is 0. The molecular formula is C13H18N2O. The Labute approximate surface area is 96.2 Å². The summed E-state index contributed by atoms with van der Waals surface area (Å²) in [6.45, 7) is 3.55. The number of carbonyl (C=O) groups excluding carboxylic acids is 1. The molecule has 1 aliphatic rings. The summed E-state index contributed by atoms with van der Waals surface area (Å²) in [7, 11) is 0. The molecule has 1 saturated heterocycles. The van der Waals surface area contributed by atoms with Crippen LogP contribution in [0.15, 0.2) is 24.3 Å². The Morgan fingerprint density at radius 3 is 2.50 bits per heavy atom. The first-order valence-electron chi connectivity index (χ1n) is 5.78. The maximum Gasteiger partial charge on any atom is 0.133 e. The minimum absolute atomic E-state index is 0.251. The van der Waals surface area contributed by atoms with Gasteiger partial charge >= 0.3 is 0 Å². The predicted octanol–water partition coefficient (Wildman–Crippen LogP) is 2.07. The van der Waals surface area contributed by atoms with E-state index in [1.54, 1.807) is 6.92 Å². The van der Waals surface area contributed by atoms with Crippen molar-refractivity contribution in [1.29, 1.82) is 0 Å². The Bertz CT molecular complexity index is 381. The molecule has 0 unspecified atom stereocenters. The predicted molar refractivity (Wildman–Crippen MR) is 66.5 cm³/mol. The minimum atomic E-state index is 0.251. The van der Waals surface area contributed by atoms with Gasteiger partial charge < -0.3 is 10.6 Å². The molecule has 0 saturated carbocycles. The van der Waals surface area contributed by atoms with E-state index in [1.807, 2.05) is 24.3 Å². The van der Waals surface area contributed by atoms with Gasteiger partial charge in [-0.1, -0.05) is 12.1 Å². The number of ketones is 1. The number of anilines is 2. The van der Waals surface area contributed by atoms with Crippen molar-refractivity contribution in [1.82, 2.24) is 0 Å². The van der Waals surface area contributed by atoms with Gasteiger partial charge in [-0.2, -0.15) is 0 Å². The number of Topliss-reactive ketones (excluding diaryl/α,β-unsaturated/α-hetero) is 1. The number of benzene rings is 1. The molecule has 1 aliphatic heterocycles. The number of rotatable bonds is 2. The van der Waals surface area contributed by atoms with Crippen molar-refractivity contribution in [3.8, 4) is 0 Å². The molecule has 16 heavy (non-hydrogen) atoms. The Kier molecular flexibility index (Phi) is 3.13. The summed E-state index contributed by atoms with van der Waals surface area (Å²) in [6, 6.07) is 7.92. The van der Waals surface area contributed by atoms with Gasteiger partial charge in [-0.25, -0.2) is 0 Å². The summed E-state index contributed by atoms with van der Waals surface area (Å²) in [6.07, 6.45) is 1.90. The second-order valence-corrected chi connectivity index (χ2v) is 4.43. The summed E-state index contributed by atoms with van der Waals surface area (Å²) < 4.78 is 0. The highest BCUT2D eigenvalue weighted by molar-refractivity contribution is 5.78. The van der Waals surface area contributed by atoms with E-state index in [9.17, 15) is 4.79 Å². The lowest BCUT2D eigenvalue weighted by atomic mass is 9.93. The first-order chi connectivity index (χ1) is 7.68. The molecule has 2 rings (SSSR count). The Hall–Kier alpha value is -1.51. The highest BCUT2D eigenvalue weighted by Crippen LogP contribution is 2.27. The van der Waals surface area contributed by atoms with Gasteiger partial charge in [0.1, 0.15) is 5.78 Å². The first-order valence-corrected chi connectivity index (χ1v) is 5.78. The van der Waals surface area contributed by atoms with Gasteiger partial charge in [0.05, 0.1) is 11.4 Å². The lowest BCUT2D eigenvalue weighted by molar-refractivity contribution is -0.121. The van der Waals surface area contributed by atoms with Crippen LogP contribution in [0.2, 0.25) is 0 Å². The largest absolute Gasteiger partial charge is 0.397 e. The van der Waals surface area contributed by atoms with Crippen LogP contribution in [0.3, 0.4) is 0 Å². The average molecular weight is 218 g/mol. The number of nitrogens with zero attached hydrogens (tertiary/aromatic N) is 1. The molecule has 2 N–H and O–H groups in total. The van der Waals surface area contributed by atoms with Crippen LogP contribution < -0.4 is 10.6 Å². The summed E-state index contributed by atoms with van der Waals surface area (Å²) in [5.41, 5.74) is 7.86. The van der Waals surface area contributed by atoms with Gasteiger partial charge in [0.2, 0.25) is 0 Å². The normalized spacial score (nSPS) is 17.4. The molecule has 1 aromatic carbocycles. The lowest BCUT2D eigenvalue weighted by Crippen LogP contribution is -2.36. The van der Waals surface area contributed by atoms with Crippen LogP contribution in [-0.2, 0) is 4.79 Å². The molecule has 1 heterocycles. The number of hydrogen-bond acceptors (Lipinski definition) is 3. The molecule has 3 heteroatoms. The van der Waals surface area contributed by atoms with E-state index in [4.69, 9.17) is 5.73 Å². The fraction of sp³-hybridized carbons (Fsp3) is 0.462. The van der Waals surface area contributed by atoms with Crippen molar-refractivity contribution >= 4 is 17.2 Å². The molecule has 0 spiro atoms. The van der Waals surface area contributed by atoms with Crippen molar-refractivity contribution in [2.24, 2.45) is 5.92 Å². The second-order valence-electron chi connectivity index (χ2n) is 4.43. The molecule has 3 nitrogen and oxygen atoms in total. The van der Waals surface area contributed by atoms with Crippen LogP contribution in [0.4, 0.5) is 11.4 Å². The van der Waals surface area contributed by atoms with Crippen LogP contribution in [-0.4, -0.2) is 18.9 Å². The number of nitrogens with two attached hydrogens (primary N) is 1. The molecule has 0 atom stereocenters. The van der Waals surface area contributed by atoms with Crippen LogP contribution in [0.5, 0.6) is 0 Å². The average Bonchev–Trinajstić information content (AvgIpc) is 2.30. The third kappa shape index (κ3) is 2.18. The standard InChI is InChI=1S/C13H18N2O/c1-10(16)11-6-8-15(9-7-11)13-5-3-2-4-12(13)14/h2-5,11H,6-9,14H2,1H3. The fourth-order valence-electron chi connectivity index (χ4n) is 2.30. The first kappa shape index (κ1) is 11.0. The van der Waals surface area contributed by atoms with Crippen molar-refractivity contribution in [3.05, 3.63) is 24.3 Å². The van der Waals surface area contributed by atoms with E-state index in [2.05, 4.69) is 4.90 Å². The van der Waals surface area contributed by atoms with Crippen molar-refractivity contribution in [2.45, 2.75) is 19.8 Å². The van der Waals surface area contributed by atoms with Gasteiger partial charge in [0.25, 0.3) is 0 Å². The van der Waals surface area contributed by atoms with Crippen molar-refractivity contribution in [2.75, 3.05) is 23.7 Å². The van der Waals surface area contributed by atoms with Crippen LogP contribution in [0, 0.1) is 5.92 Å². The summed E-state index contributed by atoms with van der Waals surface area (Å²) in [5, 5.41) is 0. The minimum Gasteiger partial charge on any atom is -0.397 e. The van der Waals surface area contributed by atoms with Gasteiger partial charge in [-0.05, 0) is 31.9 Å². The SMILES string of the molecule is CC(=O)C1CCN(c2ccccc2N)CC1. The van der Waals surface area contributed by atoms with E-state index in [-0.39, 0.29) is 5.92 Å². The van der Waals surface area contributed by atoms with E-state index < -0.39 is 0 Å². The molecule has 1 aromatic rings. The second kappa shape index (κ2) is 4.56. The van der Waals surface area contributed by atoms with E-state index in [0.717, 1.165) is 37.3 Å². The monoisotopic (exact) mass is 218 g/mol. The van der Waals surface area contributed by atoms with Crippen molar-refractivity contribution < 1.29 is 4.79 Å². The van der Waals surface area contributed by atoms with E-state index in [1.165, 1.54) is 0 Å². The van der Waals surface area contributed by atoms with Crippen molar-refractivity contribution in [3.63, 3.8) is 0 Å². The number of nitrogen functional groups attached to an aromatic ring is 1. The highest BCUT2D eigenvalue weighted by atomic mass is 16.1. The van der Waals surface area contributed by atoms with Gasteiger partial charge in [0.15, 0.2) is 0 Å². The zero-order valence-corrected chi connectivity index (χ0v) is 9.65. The van der Waals surface area contributed by atoms with Gasteiger partial charge in [0, 0.05) is 19.0 Å². The number of para-hydroxylation sites is 2. The smallest absolute Gasteiger partial charge is 0.133 e. The zero-order valence-electron chi connectivity index (χ0n) is 9.65. The third-order valence-corrected chi connectivity index (χ3v) is 3.35. The maximum absolute atomic E-state index is 11.3. The molecule has 0 aliphatic carbocycles. The highest BCUT2D eigenvalue weighted by Gasteiger charge is 2.22. The maximum atomic E-state index is 11.3. The summed E-state index contributed by atoms with van der Waals surface area (Å²) in [4.78, 5) is 13.5. The van der Waals surface area contributed by atoms with E-state index >= 15 is 0 Å². The third-order valence-electron chi connectivity index (χ3n) is 3.35. The van der Waals surface area contributed by atoms with Crippen LogP contribution in [0.1, 0.15) is 19.8 Å². The molecule has 0 amide bonds. The Balaban J connectivity index is 2.05. The van der Waals surface area contributed by atoms with Gasteiger partial charge in [-0.15, -0.1) is 0 Å². The number of carbonyl (C=O) groups is 1.